The zero-order valence-corrected chi connectivity index (χ0v) is 12.4. The van der Waals surface area contributed by atoms with Crippen LogP contribution in [0.25, 0.3) is 0 Å². The van der Waals surface area contributed by atoms with Crippen LogP contribution in [0.5, 0.6) is 0 Å². The van der Waals surface area contributed by atoms with Crippen molar-refractivity contribution in [3.63, 3.8) is 0 Å². The van der Waals surface area contributed by atoms with E-state index in [0.29, 0.717) is 12.2 Å². The van der Waals surface area contributed by atoms with Gasteiger partial charge in [-0.15, -0.1) is 11.3 Å². The summed E-state index contributed by atoms with van der Waals surface area (Å²) in [7, 11) is 0. The lowest BCUT2D eigenvalue weighted by Crippen LogP contribution is -2.37. The van der Waals surface area contributed by atoms with Crippen LogP contribution in [0.4, 0.5) is 0 Å². The number of rotatable bonds is 4. The van der Waals surface area contributed by atoms with E-state index in [4.69, 9.17) is 9.84 Å². The highest BCUT2D eigenvalue weighted by atomic mass is 32.1. The molecule has 0 bridgehead atoms. The zero-order valence-electron chi connectivity index (χ0n) is 11.6. The Morgan fingerprint density at radius 1 is 1.38 bits per heavy atom. The molecule has 1 atom stereocenters. The van der Waals surface area contributed by atoms with Crippen molar-refractivity contribution >= 4 is 17.3 Å². The SMILES string of the molecule is O=C(O)c1cccc(CN2CCOC(c3cccs3)C2)c1. The quantitative estimate of drug-likeness (QED) is 0.943. The minimum absolute atomic E-state index is 0.126. The molecule has 1 fully saturated rings. The first-order valence-electron chi connectivity index (χ1n) is 6.92. The molecule has 1 saturated heterocycles. The molecule has 21 heavy (non-hydrogen) atoms. The molecule has 2 heterocycles. The molecule has 4 nitrogen and oxygen atoms in total. The van der Waals surface area contributed by atoms with Gasteiger partial charge in [0.15, 0.2) is 0 Å². The minimum Gasteiger partial charge on any atom is -0.478 e. The largest absolute Gasteiger partial charge is 0.478 e. The van der Waals surface area contributed by atoms with Gasteiger partial charge in [-0.05, 0) is 29.1 Å². The van der Waals surface area contributed by atoms with E-state index >= 15 is 0 Å². The molecule has 1 aromatic heterocycles. The molecule has 1 aliphatic rings. The van der Waals surface area contributed by atoms with Crippen LogP contribution < -0.4 is 0 Å². The van der Waals surface area contributed by atoms with Gasteiger partial charge in [-0.25, -0.2) is 4.79 Å². The van der Waals surface area contributed by atoms with E-state index < -0.39 is 5.97 Å². The summed E-state index contributed by atoms with van der Waals surface area (Å²) in [6.07, 6.45) is 0.126. The third-order valence-corrected chi connectivity index (χ3v) is 4.56. The molecule has 0 aliphatic carbocycles. The number of hydrogen-bond acceptors (Lipinski definition) is 4. The lowest BCUT2D eigenvalue weighted by Gasteiger charge is -2.32. The lowest BCUT2D eigenvalue weighted by molar-refractivity contribution is -0.0311. The molecular weight excluding hydrogens is 286 g/mol. The van der Waals surface area contributed by atoms with Gasteiger partial charge in [0, 0.05) is 24.5 Å². The molecule has 3 rings (SSSR count). The number of morpholine rings is 1. The predicted octanol–water partition coefficient (Wildman–Crippen LogP) is 3.02. The van der Waals surface area contributed by atoms with Crippen molar-refractivity contribution in [1.29, 1.82) is 0 Å². The Bertz CT molecular complexity index is 612. The molecule has 1 aromatic carbocycles. The molecule has 110 valence electrons. The molecule has 0 radical (unpaired) electrons. The number of nitrogens with zero attached hydrogens (tertiary/aromatic N) is 1. The van der Waals surface area contributed by atoms with Gasteiger partial charge in [-0.1, -0.05) is 18.2 Å². The Hall–Kier alpha value is -1.69. The monoisotopic (exact) mass is 303 g/mol. The lowest BCUT2D eigenvalue weighted by atomic mass is 10.1. The van der Waals surface area contributed by atoms with Crippen molar-refractivity contribution in [2.75, 3.05) is 19.7 Å². The second-order valence-electron chi connectivity index (χ2n) is 5.12. The van der Waals surface area contributed by atoms with Crippen molar-refractivity contribution in [3.05, 3.63) is 57.8 Å². The maximum atomic E-state index is 11.0. The predicted molar refractivity (Wildman–Crippen MR) is 81.7 cm³/mol. The maximum Gasteiger partial charge on any atom is 0.335 e. The fraction of sp³-hybridized carbons (Fsp3) is 0.312. The number of thiophene rings is 1. The summed E-state index contributed by atoms with van der Waals surface area (Å²) in [5, 5.41) is 11.1. The van der Waals surface area contributed by atoms with E-state index in [-0.39, 0.29) is 6.10 Å². The zero-order chi connectivity index (χ0) is 14.7. The van der Waals surface area contributed by atoms with Gasteiger partial charge in [0.25, 0.3) is 0 Å². The van der Waals surface area contributed by atoms with Crippen molar-refractivity contribution < 1.29 is 14.6 Å². The summed E-state index contributed by atoms with van der Waals surface area (Å²) in [6.45, 7) is 3.19. The number of benzene rings is 1. The molecular formula is C16H17NO3S. The highest BCUT2D eigenvalue weighted by Crippen LogP contribution is 2.26. The Kier molecular flexibility index (Phi) is 4.34. The van der Waals surface area contributed by atoms with Crippen molar-refractivity contribution in [3.8, 4) is 0 Å². The van der Waals surface area contributed by atoms with Gasteiger partial charge < -0.3 is 9.84 Å². The molecule has 0 spiro atoms. The topological polar surface area (TPSA) is 49.8 Å². The third kappa shape index (κ3) is 3.50. The summed E-state index contributed by atoms with van der Waals surface area (Å²) in [5.41, 5.74) is 1.37. The van der Waals surface area contributed by atoms with E-state index in [1.165, 1.54) is 4.88 Å². The molecule has 5 heteroatoms. The number of ether oxygens (including phenoxy) is 1. The van der Waals surface area contributed by atoms with Crippen LogP contribution in [-0.2, 0) is 11.3 Å². The van der Waals surface area contributed by atoms with Gasteiger partial charge in [0.1, 0.15) is 6.10 Å². The van der Waals surface area contributed by atoms with Crippen LogP contribution in [0, 0.1) is 0 Å². The van der Waals surface area contributed by atoms with Crippen molar-refractivity contribution in [1.82, 2.24) is 4.90 Å². The standard InChI is InChI=1S/C16H17NO3S/c18-16(19)13-4-1-3-12(9-13)10-17-6-7-20-14(11-17)15-5-2-8-21-15/h1-5,8-9,14H,6-7,10-11H2,(H,18,19). The van der Waals surface area contributed by atoms with Crippen LogP contribution in [-0.4, -0.2) is 35.7 Å². The Morgan fingerprint density at radius 2 is 2.29 bits per heavy atom. The average Bonchev–Trinajstić information content (AvgIpc) is 3.02. The van der Waals surface area contributed by atoms with Crippen LogP contribution in [0.2, 0.25) is 0 Å². The second kappa shape index (κ2) is 6.39. The van der Waals surface area contributed by atoms with Gasteiger partial charge in [-0.3, -0.25) is 4.90 Å². The Balaban J connectivity index is 1.67. The highest BCUT2D eigenvalue weighted by molar-refractivity contribution is 7.10. The number of carboxylic acid groups (broad SMARTS) is 1. The van der Waals surface area contributed by atoms with Crippen LogP contribution in [0.1, 0.15) is 26.9 Å². The Morgan fingerprint density at radius 3 is 3.05 bits per heavy atom. The summed E-state index contributed by atoms with van der Waals surface area (Å²) < 4.78 is 5.83. The smallest absolute Gasteiger partial charge is 0.335 e. The molecule has 1 aliphatic heterocycles. The first-order valence-corrected chi connectivity index (χ1v) is 7.80. The second-order valence-corrected chi connectivity index (χ2v) is 6.09. The molecule has 2 aromatic rings. The van der Waals surface area contributed by atoms with E-state index in [1.54, 1.807) is 29.5 Å². The van der Waals surface area contributed by atoms with E-state index in [2.05, 4.69) is 16.3 Å². The number of hydrogen-bond donors (Lipinski definition) is 1. The fourth-order valence-electron chi connectivity index (χ4n) is 2.55. The van der Waals surface area contributed by atoms with E-state index in [1.807, 2.05) is 12.1 Å². The summed E-state index contributed by atoms with van der Waals surface area (Å²) in [6, 6.07) is 11.3. The molecule has 0 amide bonds. The fourth-order valence-corrected chi connectivity index (χ4v) is 3.32. The normalized spacial score (nSPS) is 19.5. The van der Waals surface area contributed by atoms with E-state index in [9.17, 15) is 4.79 Å². The maximum absolute atomic E-state index is 11.0. The third-order valence-electron chi connectivity index (χ3n) is 3.59. The Labute approximate surface area is 127 Å². The highest BCUT2D eigenvalue weighted by Gasteiger charge is 2.22. The van der Waals surface area contributed by atoms with Crippen LogP contribution in [0.15, 0.2) is 41.8 Å². The summed E-state index contributed by atoms with van der Waals surface area (Å²) in [5.74, 6) is -0.879. The van der Waals surface area contributed by atoms with Crippen molar-refractivity contribution in [2.24, 2.45) is 0 Å². The number of carbonyl (C=O) groups is 1. The molecule has 1 unspecified atom stereocenters. The molecule has 1 N–H and O–H groups in total. The van der Waals surface area contributed by atoms with Gasteiger partial charge in [0.05, 0.1) is 12.2 Å². The number of carboxylic acids is 1. The first kappa shape index (κ1) is 14.3. The van der Waals surface area contributed by atoms with Crippen LogP contribution in [0.3, 0.4) is 0 Å². The van der Waals surface area contributed by atoms with E-state index in [0.717, 1.165) is 25.2 Å². The van der Waals surface area contributed by atoms with Crippen LogP contribution >= 0.6 is 11.3 Å². The summed E-state index contributed by atoms with van der Waals surface area (Å²) in [4.78, 5) is 14.6. The molecule has 0 saturated carbocycles. The van der Waals surface area contributed by atoms with Gasteiger partial charge in [-0.2, -0.15) is 0 Å². The minimum atomic E-state index is -0.879. The van der Waals surface area contributed by atoms with Gasteiger partial charge >= 0.3 is 5.97 Å². The van der Waals surface area contributed by atoms with Gasteiger partial charge in [0.2, 0.25) is 0 Å². The average molecular weight is 303 g/mol. The summed E-state index contributed by atoms with van der Waals surface area (Å²) >= 11 is 1.71. The first-order chi connectivity index (χ1) is 10.2. The number of aromatic carboxylic acids is 1. The van der Waals surface area contributed by atoms with Crippen molar-refractivity contribution in [2.45, 2.75) is 12.6 Å².